The first kappa shape index (κ1) is 18.9. The molecule has 0 radical (unpaired) electrons. The lowest BCUT2D eigenvalue weighted by molar-refractivity contribution is 0.292. The molecular formula is C16H34N2O2S. The Bertz CT molecular complexity index is 346. The van der Waals surface area contributed by atoms with Crippen LogP contribution in [0.2, 0.25) is 0 Å². The van der Waals surface area contributed by atoms with Crippen molar-refractivity contribution in [1.29, 1.82) is 0 Å². The van der Waals surface area contributed by atoms with Crippen molar-refractivity contribution in [2.24, 2.45) is 0 Å². The van der Waals surface area contributed by atoms with Crippen molar-refractivity contribution in [3.8, 4) is 0 Å². The molecule has 0 unspecified atom stereocenters. The fourth-order valence-corrected chi connectivity index (χ4v) is 4.67. The quantitative estimate of drug-likeness (QED) is 0.607. The molecule has 1 rings (SSSR count). The minimum atomic E-state index is -3.29. The normalized spacial score (nSPS) is 18.3. The molecular weight excluding hydrogens is 284 g/mol. The van der Waals surface area contributed by atoms with Crippen molar-refractivity contribution in [1.82, 2.24) is 8.61 Å². The average Bonchev–Trinajstić information content (AvgIpc) is 2.75. The summed E-state index contributed by atoms with van der Waals surface area (Å²) in [4.78, 5) is 0. The summed E-state index contributed by atoms with van der Waals surface area (Å²) in [5.74, 6) is 0. The van der Waals surface area contributed by atoms with E-state index in [4.69, 9.17) is 0 Å². The zero-order valence-corrected chi connectivity index (χ0v) is 15.0. The van der Waals surface area contributed by atoms with Crippen LogP contribution in [0.1, 0.15) is 78.1 Å². The van der Waals surface area contributed by atoms with Gasteiger partial charge in [-0.15, -0.1) is 0 Å². The number of hydrogen-bond donors (Lipinski definition) is 0. The first-order chi connectivity index (χ1) is 10.0. The highest BCUT2D eigenvalue weighted by Crippen LogP contribution is 2.24. The van der Waals surface area contributed by atoms with E-state index in [2.05, 4.69) is 13.8 Å². The maximum atomic E-state index is 12.9. The summed E-state index contributed by atoms with van der Waals surface area (Å²) in [7, 11) is -1.51. The van der Waals surface area contributed by atoms with Crippen LogP contribution >= 0.6 is 0 Å². The second-order valence-corrected chi connectivity index (χ2v) is 8.26. The second-order valence-electron chi connectivity index (χ2n) is 6.28. The topological polar surface area (TPSA) is 40.6 Å². The van der Waals surface area contributed by atoms with Crippen molar-refractivity contribution < 1.29 is 8.42 Å². The van der Waals surface area contributed by atoms with Gasteiger partial charge in [0.1, 0.15) is 0 Å². The van der Waals surface area contributed by atoms with Crippen LogP contribution < -0.4 is 0 Å². The number of hydrogen-bond acceptors (Lipinski definition) is 2. The van der Waals surface area contributed by atoms with E-state index in [-0.39, 0.29) is 6.04 Å². The average molecular weight is 319 g/mol. The van der Waals surface area contributed by atoms with E-state index in [1.807, 2.05) is 0 Å². The van der Waals surface area contributed by atoms with Crippen LogP contribution in [0.25, 0.3) is 0 Å². The summed E-state index contributed by atoms with van der Waals surface area (Å²) in [6.07, 6.45) is 10.8. The SMILES string of the molecule is CCCCN(CCCC)S(=O)(=O)N(C)C1CCCCCC1. The van der Waals surface area contributed by atoms with Gasteiger partial charge in [0.05, 0.1) is 0 Å². The van der Waals surface area contributed by atoms with Gasteiger partial charge in [-0.25, -0.2) is 0 Å². The molecule has 0 amide bonds. The Balaban J connectivity index is 2.75. The van der Waals surface area contributed by atoms with Crippen molar-refractivity contribution in [2.45, 2.75) is 84.1 Å². The molecule has 0 heterocycles. The lowest BCUT2D eigenvalue weighted by atomic mass is 10.1. The first-order valence-electron chi connectivity index (χ1n) is 8.77. The number of unbranched alkanes of at least 4 members (excludes halogenated alkanes) is 2. The van der Waals surface area contributed by atoms with Crippen molar-refractivity contribution in [3.05, 3.63) is 0 Å². The van der Waals surface area contributed by atoms with Gasteiger partial charge in [0.25, 0.3) is 10.2 Å². The van der Waals surface area contributed by atoms with E-state index in [1.54, 1.807) is 15.7 Å². The van der Waals surface area contributed by atoms with Crippen LogP contribution in [-0.2, 0) is 10.2 Å². The Morgan fingerprint density at radius 2 is 1.38 bits per heavy atom. The second kappa shape index (κ2) is 9.80. The molecule has 0 saturated heterocycles. The van der Waals surface area contributed by atoms with E-state index < -0.39 is 10.2 Å². The molecule has 0 atom stereocenters. The van der Waals surface area contributed by atoms with Gasteiger partial charge < -0.3 is 0 Å². The van der Waals surface area contributed by atoms with Crippen LogP contribution in [0.5, 0.6) is 0 Å². The smallest absolute Gasteiger partial charge is 0.195 e. The summed E-state index contributed by atoms with van der Waals surface area (Å²) in [5.41, 5.74) is 0. The Morgan fingerprint density at radius 1 is 0.905 bits per heavy atom. The summed E-state index contributed by atoms with van der Waals surface area (Å²) < 4.78 is 29.2. The van der Waals surface area contributed by atoms with E-state index in [9.17, 15) is 8.42 Å². The third kappa shape index (κ3) is 5.87. The van der Waals surface area contributed by atoms with Gasteiger partial charge in [-0.1, -0.05) is 52.4 Å². The molecule has 0 N–H and O–H groups in total. The Hall–Kier alpha value is -0.130. The Labute approximate surface area is 132 Å². The maximum absolute atomic E-state index is 12.9. The highest BCUT2D eigenvalue weighted by atomic mass is 32.2. The minimum Gasteiger partial charge on any atom is -0.195 e. The monoisotopic (exact) mass is 318 g/mol. The number of nitrogens with zero attached hydrogens (tertiary/aromatic N) is 2. The molecule has 0 aromatic rings. The van der Waals surface area contributed by atoms with Gasteiger partial charge in [-0.05, 0) is 25.7 Å². The molecule has 5 heteroatoms. The highest BCUT2D eigenvalue weighted by molar-refractivity contribution is 7.86. The lowest BCUT2D eigenvalue weighted by Gasteiger charge is -2.32. The first-order valence-corrected chi connectivity index (χ1v) is 10.2. The van der Waals surface area contributed by atoms with Gasteiger partial charge in [-0.2, -0.15) is 17.0 Å². The summed E-state index contributed by atoms with van der Waals surface area (Å²) in [5, 5.41) is 0. The van der Waals surface area contributed by atoms with Gasteiger partial charge in [0.15, 0.2) is 0 Å². The fraction of sp³-hybridized carbons (Fsp3) is 1.00. The van der Waals surface area contributed by atoms with Crippen molar-refractivity contribution >= 4 is 10.2 Å². The molecule has 0 bridgehead atoms. The molecule has 0 aliphatic heterocycles. The molecule has 1 saturated carbocycles. The van der Waals surface area contributed by atoms with E-state index >= 15 is 0 Å². The van der Waals surface area contributed by atoms with Crippen LogP contribution in [0.3, 0.4) is 0 Å². The van der Waals surface area contributed by atoms with Crippen LogP contribution in [0.15, 0.2) is 0 Å². The fourth-order valence-electron chi connectivity index (χ4n) is 3.00. The third-order valence-electron chi connectivity index (χ3n) is 4.55. The molecule has 1 fully saturated rings. The molecule has 0 spiro atoms. The predicted molar refractivity (Wildman–Crippen MR) is 89.6 cm³/mol. The summed E-state index contributed by atoms with van der Waals surface area (Å²) in [6, 6.07) is 0.197. The van der Waals surface area contributed by atoms with Crippen LogP contribution in [-0.4, -0.2) is 43.2 Å². The number of rotatable bonds is 9. The molecule has 126 valence electrons. The predicted octanol–water partition coefficient (Wildman–Crippen LogP) is 3.79. The highest BCUT2D eigenvalue weighted by Gasteiger charge is 2.31. The van der Waals surface area contributed by atoms with Crippen LogP contribution in [0, 0.1) is 0 Å². The molecule has 21 heavy (non-hydrogen) atoms. The van der Waals surface area contributed by atoms with E-state index in [1.165, 1.54) is 12.8 Å². The molecule has 0 aromatic carbocycles. The van der Waals surface area contributed by atoms with Gasteiger partial charge in [-0.3, -0.25) is 0 Å². The summed E-state index contributed by atoms with van der Waals surface area (Å²) >= 11 is 0. The lowest BCUT2D eigenvalue weighted by Crippen LogP contribution is -2.47. The van der Waals surface area contributed by atoms with Crippen LogP contribution in [0.4, 0.5) is 0 Å². The summed E-state index contributed by atoms with van der Waals surface area (Å²) in [6.45, 7) is 5.55. The molecule has 4 nitrogen and oxygen atoms in total. The molecule has 1 aliphatic carbocycles. The van der Waals surface area contributed by atoms with Gasteiger partial charge in [0, 0.05) is 26.2 Å². The largest absolute Gasteiger partial charge is 0.281 e. The van der Waals surface area contributed by atoms with Crippen molar-refractivity contribution in [3.63, 3.8) is 0 Å². The maximum Gasteiger partial charge on any atom is 0.281 e. The Kier molecular flexibility index (Phi) is 8.83. The van der Waals surface area contributed by atoms with E-state index in [0.717, 1.165) is 51.4 Å². The van der Waals surface area contributed by atoms with E-state index in [0.29, 0.717) is 13.1 Å². The van der Waals surface area contributed by atoms with Crippen molar-refractivity contribution in [2.75, 3.05) is 20.1 Å². The molecule has 0 aromatic heterocycles. The minimum absolute atomic E-state index is 0.197. The zero-order chi connectivity index (χ0) is 15.7. The Morgan fingerprint density at radius 3 is 1.81 bits per heavy atom. The zero-order valence-electron chi connectivity index (χ0n) is 14.2. The standard InChI is InChI=1S/C16H34N2O2S/c1-4-6-14-18(15-7-5-2)21(19,20)17(3)16-12-10-8-9-11-13-16/h16H,4-15H2,1-3H3. The third-order valence-corrected chi connectivity index (χ3v) is 6.59. The molecule has 1 aliphatic rings. The van der Waals surface area contributed by atoms with Gasteiger partial charge in [0.2, 0.25) is 0 Å². The van der Waals surface area contributed by atoms with Gasteiger partial charge >= 0.3 is 0 Å².